The minimum atomic E-state index is -5.85. The fraction of sp³-hybridized carbons (Fsp3) is 0.176. The molecular weight excluding hydrogens is 478 g/mol. The lowest BCUT2D eigenvalue weighted by atomic mass is 10.1. The number of benzene rings is 2. The van der Waals surface area contributed by atoms with E-state index in [9.17, 15) is 43.2 Å². The van der Waals surface area contributed by atoms with Gasteiger partial charge in [0.05, 0.1) is 0 Å². The molecule has 0 unspecified atom stereocenters. The van der Waals surface area contributed by atoms with Crippen molar-refractivity contribution in [1.82, 2.24) is 0 Å². The zero-order valence-corrected chi connectivity index (χ0v) is 16.9. The number of hydrogen-bond acceptors (Lipinski definition) is 6. The lowest BCUT2D eigenvalue weighted by Gasteiger charge is -2.10. The van der Waals surface area contributed by atoms with E-state index in [4.69, 9.17) is 0 Å². The molecule has 0 fully saturated rings. The minimum Gasteiger partial charge on any atom is -0.376 e. The summed E-state index contributed by atoms with van der Waals surface area (Å²) < 4.78 is 126. The van der Waals surface area contributed by atoms with E-state index in [0.29, 0.717) is 11.1 Å². The van der Waals surface area contributed by atoms with Gasteiger partial charge in [0, 0.05) is 0 Å². The van der Waals surface area contributed by atoms with E-state index in [2.05, 4.69) is 8.37 Å². The molecule has 0 amide bonds. The Morgan fingerprint density at radius 3 is 1.61 bits per heavy atom. The van der Waals surface area contributed by atoms with Gasteiger partial charge in [0.15, 0.2) is 0 Å². The fourth-order valence-corrected chi connectivity index (χ4v) is 3.00. The molecule has 0 bridgehead atoms. The van der Waals surface area contributed by atoms with E-state index >= 15 is 0 Å². The first-order valence-corrected chi connectivity index (χ1v) is 10.7. The van der Waals surface area contributed by atoms with Crippen molar-refractivity contribution in [1.29, 1.82) is 0 Å². The summed E-state index contributed by atoms with van der Waals surface area (Å²) in [4.78, 5) is 0. The van der Waals surface area contributed by atoms with Crippen molar-refractivity contribution < 1.29 is 51.5 Å². The van der Waals surface area contributed by atoms with Crippen LogP contribution < -0.4 is 8.37 Å². The van der Waals surface area contributed by atoms with Crippen LogP contribution in [0.3, 0.4) is 0 Å². The molecule has 0 aliphatic carbocycles. The fourth-order valence-electron chi connectivity index (χ4n) is 2.10. The average molecular weight is 490 g/mol. The molecule has 0 aromatic heterocycles. The predicted molar refractivity (Wildman–Crippen MR) is 97.8 cm³/mol. The molecule has 0 aliphatic rings. The number of rotatable bonds is 6. The second-order valence-electron chi connectivity index (χ2n) is 5.95. The molecule has 2 aromatic rings. The second-order valence-corrected chi connectivity index (χ2v) is 9.02. The largest absolute Gasteiger partial charge is 0.534 e. The summed E-state index contributed by atoms with van der Waals surface area (Å²) in [5, 5.41) is 0. The van der Waals surface area contributed by atoms with Crippen molar-refractivity contribution in [2.75, 3.05) is 0 Å². The van der Waals surface area contributed by atoms with Crippen LogP contribution in [0.5, 0.6) is 11.5 Å². The van der Waals surface area contributed by atoms with Gasteiger partial charge in [-0.2, -0.15) is 43.2 Å². The quantitative estimate of drug-likeness (QED) is 0.254. The van der Waals surface area contributed by atoms with Crippen LogP contribution in [-0.2, 0) is 20.2 Å². The third kappa shape index (κ3) is 6.37. The van der Waals surface area contributed by atoms with Gasteiger partial charge < -0.3 is 8.37 Å². The Hall–Kier alpha value is -2.74. The SMILES string of the molecule is Cc1cc(/C=C/c2ccc(OS(=O)(=O)C(F)(F)F)cc2)cc(OS(=O)(=O)C(F)(F)F)c1. The Bertz CT molecular complexity index is 1180. The maximum Gasteiger partial charge on any atom is 0.534 e. The van der Waals surface area contributed by atoms with Gasteiger partial charge in [0.2, 0.25) is 0 Å². The number of aryl methyl sites for hydroxylation is 1. The maximum atomic E-state index is 12.5. The lowest BCUT2D eigenvalue weighted by Crippen LogP contribution is -2.28. The van der Waals surface area contributed by atoms with Crippen LogP contribution in [0.25, 0.3) is 12.2 Å². The molecule has 6 nitrogen and oxygen atoms in total. The summed E-state index contributed by atoms with van der Waals surface area (Å²) >= 11 is 0. The lowest BCUT2D eigenvalue weighted by molar-refractivity contribution is -0.0504. The van der Waals surface area contributed by atoms with E-state index in [1.54, 1.807) is 0 Å². The normalized spacial score (nSPS) is 13.4. The highest BCUT2D eigenvalue weighted by atomic mass is 32.2. The summed E-state index contributed by atoms with van der Waals surface area (Å²) in [6.07, 6.45) is 2.75. The molecule has 0 aliphatic heterocycles. The third-order valence-corrected chi connectivity index (χ3v) is 5.36. The van der Waals surface area contributed by atoms with Crippen molar-refractivity contribution >= 4 is 32.4 Å². The van der Waals surface area contributed by atoms with Crippen molar-refractivity contribution in [3.8, 4) is 11.5 Å². The molecule has 0 saturated heterocycles. The summed E-state index contributed by atoms with van der Waals surface area (Å²) in [6.45, 7) is 1.48. The zero-order valence-electron chi connectivity index (χ0n) is 15.2. The third-order valence-electron chi connectivity index (χ3n) is 3.40. The first-order chi connectivity index (χ1) is 14.0. The summed E-state index contributed by atoms with van der Waals surface area (Å²) in [6, 6.07) is 7.97. The minimum absolute atomic E-state index is 0.257. The molecular formula is C17H12F6O6S2. The molecule has 0 spiro atoms. The Labute approximate surface area is 173 Å². The van der Waals surface area contributed by atoms with E-state index in [1.165, 1.54) is 37.3 Å². The standard InChI is InChI=1S/C17H12F6O6S2/c1-11-8-13(10-15(9-11)29-31(26,27)17(21,22)23)3-2-12-4-6-14(7-5-12)28-30(24,25)16(18,19)20/h2-10H,1H3/b3-2+. The van der Waals surface area contributed by atoms with Crippen molar-refractivity contribution in [3.63, 3.8) is 0 Å². The Kier molecular flexibility index (Phi) is 6.66. The molecule has 0 atom stereocenters. The number of halogens is 6. The molecule has 0 radical (unpaired) electrons. The van der Waals surface area contributed by atoms with Gasteiger partial charge >= 0.3 is 31.3 Å². The van der Waals surface area contributed by atoms with Crippen LogP contribution in [0.1, 0.15) is 16.7 Å². The van der Waals surface area contributed by atoms with Gasteiger partial charge in [-0.25, -0.2) is 0 Å². The molecule has 2 rings (SSSR count). The van der Waals surface area contributed by atoms with Crippen LogP contribution in [-0.4, -0.2) is 27.9 Å². The van der Waals surface area contributed by atoms with Gasteiger partial charge in [-0.1, -0.05) is 30.4 Å². The monoisotopic (exact) mass is 490 g/mol. The van der Waals surface area contributed by atoms with Crippen molar-refractivity contribution in [3.05, 3.63) is 59.2 Å². The molecule has 170 valence electrons. The van der Waals surface area contributed by atoms with E-state index < -0.39 is 42.8 Å². The number of hydrogen-bond donors (Lipinski definition) is 0. The molecule has 0 N–H and O–H groups in total. The molecule has 0 saturated carbocycles. The van der Waals surface area contributed by atoms with Crippen LogP contribution >= 0.6 is 0 Å². The maximum absolute atomic E-state index is 12.5. The van der Waals surface area contributed by atoms with Crippen LogP contribution in [0.15, 0.2) is 42.5 Å². The van der Waals surface area contributed by atoms with Crippen molar-refractivity contribution in [2.24, 2.45) is 0 Å². The molecule has 2 aromatic carbocycles. The predicted octanol–water partition coefficient (Wildman–Crippen LogP) is 4.62. The molecule has 31 heavy (non-hydrogen) atoms. The Morgan fingerprint density at radius 1 is 0.677 bits per heavy atom. The van der Waals surface area contributed by atoms with E-state index in [1.807, 2.05) is 0 Å². The highest BCUT2D eigenvalue weighted by Gasteiger charge is 2.49. The summed E-state index contributed by atoms with van der Waals surface area (Å²) in [5.41, 5.74) is -10.2. The number of alkyl halides is 6. The average Bonchev–Trinajstić information content (AvgIpc) is 2.58. The Balaban J connectivity index is 2.20. The summed E-state index contributed by atoms with van der Waals surface area (Å²) in [7, 11) is -11.7. The Morgan fingerprint density at radius 2 is 1.13 bits per heavy atom. The van der Waals surface area contributed by atoms with E-state index in [0.717, 1.165) is 24.3 Å². The molecule has 0 heterocycles. The van der Waals surface area contributed by atoms with Crippen molar-refractivity contribution in [2.45, 2.75) is 17.9 Å². The topological polar surface area (TPSA) is 86.7 Å². The van der Waals surface area contributed by atoms with Crippen LogP contribution in [0.4, 0.5) is 26.3 Å². The van der Waals surface area contributed by atoms with Gasteiger partial charge in [0.25, 0.3) is 0 Å². The van der Waals surface area contributed by atoms with E-state index in [-0.39, 0.29) is 5.56 Å². The van der Waals surface area contributed by atoms with Gasteiger partial charge in [-0.3, -0.25) is 0 Å². The highest BCUT2D eigenvalue weighted by Crippen LogP contribution is 2.29. The first-order valence-electron chi connectivity index (χ1n) is 7.91. The molecule has 14 heteroatoms. The van der Waals surface area contributed by atoms with Gasteiger partial charge in [-0.15, -0.1) is 0 Å². The van der Waals surface area contributed by atoms with Gasteiger partial charge in [-0.05, 0) is 47.9 Å². The highest BCUT2D eigenvalue weighted by molar-refractivity contribution is 7.88. The zero-order chi connectivity index (χ0) is 23.7. The van der Waals surface area contributed by atoms with Crippen LogP contribution in [0.2, 0.25) is 0 Å². The van der Waals surface area contributed by atoms with Gasteiger partial charge in [0.1, 0.15) is 11.5 Å². The second kappa shape index (κ2) is 8.42. The van der Waals surface area contributed by atoms with Crippen LogP contribution in [0, 0.1) is 6.92 Å². The first kappa shape index (κ1) is 24.5. The smallest absolute Gasteiger partial charge is 0.376 e. The summed E-state index contributed by atoms with van der Waals surface area (Å²) in [5.74, 6) is -1.16.